The van der Waals surface area contributed by atoms with Gasteiger partial charge in [-0.2, -0.15) is 0 Å². The number of H-pyrrole nitrogens is 1. The number of nitrogens with zero attached hydrogens (tertiary/aromatic N) is 2. The number of aromatic nitrogens is 3. The van der Waals surface area contributed by atoms with Crippen LogP contribution in [0.15, 0.2) is 35.4 Å². The molecule has 1 fully saturated rings. The Balaban J connectivity index is 1.79. The zero-order valence-corrected chi connectivity index (χ0v) is 15.6. The molecule has 26 heavy (non-hydrogen) atoms. The Morgan fingerprint density at radius 3 is 2.77 bits per heavy atom. The molecule has 6 heteroatoms. The third-order valence-electron chi connectivity index (χ3n) is 5.53. The second kappa shape index (κ2) is 6.09. The van der Waals surface area contributed by atoms with Crippen LogP contribution in [-0.4, -0.2) is 20.3 Å². The number of pyridine rings is 1. The molecule has 1 atom stereocenters. The fraction of sp³-hybridized carbons (Fsp3) is 0.350. The highest BCUT2D eigenvalue weighted by Gasteiger charge is 2.38. The fourth-order valence-electron chi connectivity index (χ4n) is 3.94. The highest BCUT2D eigenvalue weighted by atomic mass is 35.5. The molecule has 134 valence electrons. The molecule has 1 aliphatic rings. The molecule has 1 saturated carbocycles. The Hall–Kier alpha value is -2.40. The van der Waals surface area contributed by atoms with Gasteiger partial charge in [0.05, 0.1) is 27.8 Å². The van der Waals surface area contributed by atoms with Crippen LogP contribution in [-0.2, 0) is 17.3 Å². The topological polar surface area (TPSA) is 67.8 Å². The van der Waals surface area contributed by atoms with Gasteiger partial charge in [0.1, 0.15) is 5.78 Å². The van der Waals surface area contributed by atoms with Crippen molar-refractivity contribution < 1.29 is 4.79 Å². The summed E-state index contributed by atoms with van der Waals surface area (Å²) in [6.07, 6.45) is 4.85. The number of hydrogen-bond acceptors (Lipinski definition) is 3. The van der Waals surface area contributed by atoms with E-state index in [0.29, 0.717) is 22.7 Å². The van der Waals surface area contributed by atoms with Crippen LogP contribution in [0.25, 0.3) is 22.3 Å². The lowest BCUT2D eigenvalue weighted by Gasteiger charge is -2.31. The number of rotatable bonds is 2. The zero-order valence-electron chi connectivity index (χ0n) is 14.8. The van der Waals surface area contributed by atoms with Crippen molar-refractivity contribution >= 4 is 28.4 Å². The highest BCUT2D eigenvalue weighted by molar-refractivity contribution is 6.35. The van der Waals surface area contributed by atoms with Crippen molar-refractivity contribution in [3.63, 3.8) is 0 Å². The monoisotopic (exact) mass is 369 g/mol. The number of ketones is 1. The average molecular weight is 370 g/mol. The quantitative estimate of drug-likeness (QED) is 0.742. The SMILES string of the molecule is Cn1cnc2cc(-c3ccc([C@@]4(C)CCCCC4=O)c(=O)[nH]3)cc(Cl)c21. The molecule has 1 aromatic carbocycles. The minimum absolute atomic E-state index is 0.153. The fourth-order valence-corrected chi connectivity index (χ4v) is 4.28. The summed E-state index contributed by atoms with van der Waals surface area (Å²) in [7, 11) is 1.89. The summed E-state index contributed by atoms with van der Waals surface area (Å²) in [6, 6.07) is 7.36. The first-order chi connectivity index (χ1) is 12.4. The first-order valence-electron chi connectivity index (χ1n) is 8.78. The van der Waals surface area contributed by atoms with Gasteiger partial charge in [0.2, 0.25) is 0 Å². The summed E-state index contributed by atoms with van der Waals surface area (Å²) < 4.78 is 1.86. The molecule has 0 spiro atoms. The van der Waals surface area contributed by atoms with Crippen LogP contribution < -0.4 is 5.56 Å². The summed E-state index contributed by atoms with van der Waals surface area (Å²) in [5.74, 6) is 0.153. The van der Waals surface area contributed by atoms with Crippen molar-refractivity contribution in [1.82, 2.24) is 14.5 Å². The molecule has 0 radical (unpaired) electrons. The maximum Gasteiger partial charge on any atom is 0.252 e. The average Bonchev–Trinajstić information content (AvgIpc) is 2.99. The van der Waals surface area contributed by atoms with Gasteiger partial charge >= 0.3 is 0 Å². The zero-order chi connectivity index (χ0) is 18.5. The van der Waals surface area contributed by atoms with Gasteiger partial charge in [-0.15, -0.1) is 0 Å². The molecule has 3 aromatic rings. The lowest BCUT2D eigenvalue weighted by molar-refractivity contribution is -0.125. The molecule has 0 amide bonds. The van der Waals surface area contributed by atoms with Crippen LogP contribution in [0.5, 0.6) is 0 Å². The molecule has 2 aromatic heterocycles. The number of halogens is 1. The Morgan fingerprint density at radius 2 is 2.04 bits per heavy atom. The number of carbonyl (C=O) groups excluding carboxylic acids is 1. The lowest BCUT2D eigenvalue weighted by atomic mass is 9.70. The van der Waals surface area contributed by atoms with E-state index in [-0.39, 0.29) is 11.3 Å². The normalized spacial score (nSPS) is 20.7. The van der Waals surface area contributed by atoms with Crippen LogP contribution in [0, 0.1) is 0 Å². The summed E-state index contributed by atoms with van der Waals surface area (Å²) in [4.78, 5) is 32.5. The van der Waals surface area contributed by atoms with Crippen molar-refractivity contribution in [2.45, 2.75) is 38.0 Å². The molecular weight excluding hydrogens is 350 g/mol. The molecule has 0 bridgehead atoms. The summed E-state index contributed by atoms with van der Waals surface area (Å²) in [6.45, 7) is 1.88. The number of nitrogens with one attached hydrogen (secondary N) is 1. The molecule has 0 unspecified atom stereocenters. The maximum atomic E-state index is 12.8. The highest BCUT2D eigenvalue weighted by Crippen LogP contribution is 2.35. The Labute approximate surface area is 156 Å². The van der Waals surface area contributed by atoms with Gasteiger partial charge in [-0.1, -0.05) is 24.1 Å². The molecule has 5 nitrogen and oxygen atoms in total. The van der Waals surface area contributed by atoms with Crippen molar-refractivity contribution in [3.8, 4) is 11.3 Å². The van der Waals surface area contributed by atoms with Crippen LogP contribution in [0.3, 0.4) is 0 Å². The van der Waals surface area contributed by atoms with E-state index < -0.39 is 5.41 Å². The number of imidazole rings is 1. The van der Waals surface area contributed by atoms with E-state index in [4.69, 9.17) is 11.6 Å². The van der Waals surface area contributed by atoms with Gasteiger partial charge in [-0.3, -0.25) is 9.59 Å². The Kier molecular flexibility index (Phi) is 3.99. The summed E-state index contributed by atoms with van der Waals surface area (Å²) in [5.41, 5.74) is 2.75. The largest absolute Gasteiger partial charge is 0.333 e. The van der Waals surface area contributed by atoms with E-state index in [1.54, 1.807) is 12.4 Å². The molecular formula is C20H20ClN3O2. The predicted octanol–water partition coefficient (Wildman–Crippen LogP) is 3.98. The van der Waals surface area contributed by atoms with Crippen molar-refractivity contribution in [3.05, 3.63) is 51.5 Å². The van der Waals surface area contributed by atoms with Crippen molar-refractivity contribution in [2.24, 2.45) is 7.05 Å². The first-order valence-corrected chi connectivity index (χ1v) is 9.16. The van der Waals surface area contributed by atoms with Crippen molar-refractivity contribution in [1.29, 1.82) is 0 Å². The van der Waals surface area contributed by atoms with E-state index >= 15 is 0 Å². The minimum atomic E-state index is -0.688. The molecule has 2 heterocycles. The van der Waals surface area contributed by atoms with Gasteiger partial charge in [-0.25, -0.2) is 4.98 Å². The lowest BCUT2D eigenvalue weighted by Crippen LogP contribution is -2.40. The van der Waals surface area contributed by atoms with E-state index in [1.165, 1.54) is 0 Å². The standard InChI is InChI=1S/C20H20ClN3O2/c1-20(8-4-3-5-17(20)25)13-6-7-15(23-19(13)26)12-9-14(21)18-16(10-12)22-11-24(18)2/h6-7,9-11H,3-5,8H2,1-2H3,(H,23,26)/t20-/m1/s1. The maximum absolute atomic E-state index is 12.8. The number of aromatic amines is 1. The molecule has 1 N–H and O–H groups in total. The van der Waals surface area contributed by atoms with Crippen LogP contribution in [0.2, 0.25) is 5.02 Å². The number of benzene rings is 1. The summed E-state index contributed by atoms with van der Waals surface area (Å²) >= 11 is 6.40. The molecule has 0 saturated heterocycles. The van der Waals surface area contributed by atoms with E-state index in [0.717, 1.165) is 35.9 Å². The Bertz CT molecular complexity index is 1080. The van der Waals surface area contributed by atoms with Crippen molar-refractivity contribution in [2.75, 3.05) is 0 Å². The summed E-state index contributed by atoms with van der Waals surface area (Å²) in [5, 5.41) is 0.580. The number of aryl methyl sites for hydroxylation is 1. The Morgan fingerprint density at radius 1 is 1.23 bits per heavy atom. The van der Waals surface area contributed by atoms with Gasteiger partial charge < -0.3 is 9.55 Å². The number of fused-ring (bicyclic) bond motifs is 1. The predicted molar refractivity (Wildman–Crippen MR) is 103 cm³/mol. The van der Waals surface area contributed by atoms with Crippen LogP contribution >= 0.6 is 11.6 Å². The molecule has 1 aliphatic carbocycles. The van der Waals surface area contributed by atoms with Crippen LogP contribution in [0.1, 0.15) is 38.2 Å². The van der Waals surface area contributed by atoms with Gasteiger partial charge in [-0.05, 0) is 38.0 Å². The third-order valence-corrected chi connectivity index (χ3v) is 5.82. The van der Waals surface area contributed by atoms with Crippen LogP contribution in [0.4, 0.5) is 0 Å². The molecule has 4 rings (SSSR count). The number of carbonyl (C=O) groups is 1. The molecule has 0 aliphatic heterocycles. The second-order valence-electron chi connectivity index (χ2n) is 7.26. The van der Waals surface area contributed by atoms with E-state index in [9.17, 15) is 9.59 Å². The minimum Gasteiger partial charge on any atom is -0.333 e. The van der Waals surface area contributed by atoms with Gasteiger partial charge in [0, 0.05) is 30.3 Å². The van der Waals surface area contributed by atoms with Gasteiger partial charge in [0.15, 0.2) is 0 Å². The number of hydrogen-bond donors (Lipinski definition) is 1. The van der Waals surface area contributed by atoms with E-state index in [2.05, 4.69) is 9.97 Å². The van der Waals surface area contributed by atoms with E-state index in [1.807, 2.05) is 36.7 Å². The first kappa shape index (κ1) is 17.0. The van der Waals surface area contributed by atoms with Gasteiger partial charge in [0.25, 0.3) is 5.56 Å². The third kappa shape index (κ3) is 2.58. The number of Topliss-reactive ketones (excluding diaryl/α,β-unsaturated/α-hetero) is 1. The smallest absolute Gasteiger partial charge is 0.252 e. The second-order valence-corrected chi connectivity index (χ2v) is 7.67.